The van der Waals surface area contributed by atoms with E-state index in [0.29, 0.717) is 0 Å². The topological polar surface area (TPSA) is 47.7 Å². The fourth-order valence-electron chi connectivity index (χ4n) is 2.70. The van der Waals surface area contributed by atoms with Crippen LogP contribution in [0.2, 0.25) is 0 Å². The van der Waals surface area contributed by atoms with Crippen LogP contribution in [-0.2, 0) is 20.1 Å². The van der Waals surface area contributed by atoms with Crippen LogP contribution >= 0.6 is 0 Å². The largest absolute Gasteiger partial charge is 0.333 e. The van der Waals surface area contributed by atoms with Gasteiger partial charge < -0.3 is 9.88 Å². The van der Waals surface area contributed by atoms with Crippen molar-refractivity contribution < 1.29 is 0 Å². The molecule has 1 N–H and O–H groups in total. The van der Waals surface area contributed by atoms with Crippen molar-refractivity contribution >= 4 is 0 Å². The van der Waals surface area contributed by atoms with Crippen LogP contribution in [0.25, 0.3) is 11.3 Å². The van der Waals surface area contributed by atoms with Crippen LogP contribution in [0.3, 0.4) is 0 Å². The van der Waals surface area contributed by atoms with E-state index in [1.807, 2.05) is 43.2 Å². The molecule has 0 radical (unpaired) electrons. The molecule has 5 nitrogen and oxygen atoms in total. The Balaban J connectivity index is 1.62. The van der Waals surface area contributed by atoms with Crippen molar-refractivity contribution in [2.75, 3.05) is 6.54 Å². The Morgan fingerprint density at radius 2 is 1.91 bits per heavy atom. The highest BCUT2D eigenvalue weighted by molar-refractivity contribution is 5.62. The summed E-state index contributed by atoms with van der Waals surface area (Å²) in [6, 6.07) is 10.3. The minimum Gasteiger partial charge on any atom is -0.333 e. The van der Waals surface area contributed by atoms with Crippen LogP contribution < -0.4 is 5.32 Å². The first-order valence-corrected chi connectivity index (χ1v) is 7.92. The van der Waals surface area contributed by atoms with Crippen LogP contribution in [-0.4, -0.2) is 25.9 Å². The molecule has 1 aromatic carbocycles. The number of hydrogen-bond donors (Lipinski definition) is 1. The minimum absolute atomic E-state index is 0.810. The predicted molar refractivity (Wildman–Crippen MR) is 92.1 cm³/mol. The molecule has 3 rings (SSSR count). The predicted octanol–water partition coefficient (Wildman–Crippen LogP) is 2.69. The van der Waals surface area contributed by atoms with Gasteiger partial charge in [0.15, 0.2) is 0 Å². The van der Waals surface area contributed by atoms with Gasteiger partial charge in [-0.3, -0.25) is 4.68 Å². The van der Waals surface area contributed by atoms with Gasteiger partial charge in [0.05, 0.1) is 17.7 Å². The lowest BCUT2D eigenvalue weighted by molar-refractivity contribution is 0.589. The maximum absolute atomic E-state index is 4.60. The summed E-state index contributed by atoms with van der Waals surface area (Å²) in [5.41, 5.74) is 5.76. The zero-order valence-corrected chi connectivity index (χ0v) is 14.0. The maximum Gasteiger partial charge on any atom is 0.0967 e. The molecule has 5 heteroatoms. The third kappa shape index (κ3) is 3.51. The van der Waals surface area contributed by atoms with Crippen LogP contribution in [0, 0.1) is 13.8 Å². The Bertz CT molecular complexity index is 770. The highest BCUT2D eigenvalue weighted by Gasteiger charge is 2.09. The number of benzene rings is 1. The first-order chi connectivity index (χ1) is 11.1. The van der Waals surface area contributed by atoms with Crippen molar-refractivity contribution in [2.24, 2.45) is 7.05 Å². The number of aryl methyl sites for hydroxylation is 2. The van der Waals surface area contributed by atoms with Crippen molar-refractivity contribution in [1.82, 2.24) is 24.6 Å². The average Bonchev–Trinajstić information content (AvgIpc) is 3.09. The van der Waals surface area contributed by atoms with Gasteiger partial charge in [-0.15, -0.1) is 0 Å². The molecule has 3 aromatic rings. The molecule has 0 aliphatic carbocycles. The van der Waals surface area contributed by atoms with E-state index in [1.54, 1.807) is 0 Å². The number of nitrogens with zero attached hydrogens (tertiary/aromatic N) is 4. The molecule has 120 valence electrons. The summed E-state index contributed by atoms with van der Waals surface area (Å²) >= 11 is 0. The molecule has 0 atom stereocenters. The Morgan fingerprint density at radius 3 is 2.61 bits per heavy atom. The van der Waals surface area contributed by atoms with Gasteiger partial charge in [-0.25, -0.2) is 4.98 Å². The molecule has 0 fully saturated rings. The van der Waals surface area contributed by atoms with Gasteiger partial charge in [0.2, 0.25) is 0 Å². The molecule has 0 bridgehead atoms. The molecule has 0 spiro atoms. The van der Waals surface area contributed by atoms with E-state index in [0.717, 1.165) is 36.6 Å². The highest BCUT2D eigenvalue weighted by atomic mass is 15.3. The second-order valence-electron chi connectivity index (χ2n) is 5.83. The van der Waals surface area contributed by atoms with E-state index in [2.05, 4.69) is 45.2 Å². The molecular weight excluding hydrogens is 286 g/mol. The van der Waals surface area contributed by atoms with Gasteiger partial charge in [-0.2, -0.15) is 5.10 Å². The van der Waals surface area contributed by atoms with Crippen LogP contribution in [0.1, 0.15) is 17.0 Å². The summed E-state index contributed by atoms with van der Waals surface area (Å²) in [6.07, 6.45) is 3.99. The molecule has 0 saturated heterocycles. The van der Waals surface area contributed by atoms with Gasteiger partial charge in [-0.1, -0.05) is 30.3 Å². The summed E-state index contributed by atoms with van der Waals surface area (Å²) in [4.78, 5) is 4.33. The number of imidazole rings is 1. The lowest BCUT2D eigenvalue weighted by Gasteiger charge is -2.08. The van der Waals surface area contributed by atoms with Crippen molar-refractivity contribution in [3.05, 3.63) is 59.8 Å². The van der Waals surface area contributed by atoms with E-state index in [4.69, 9.17) is 0 Å². The van der Waals surface area contributed by atoms with Crippen LogP contribution in [0.4, 0.5) is 0 Å². The SMILES string of the molecule is Cc1ncn(CCNCc2cn(C)nc2-c2ccccc2)c1C. The number of aromatic nitrogens is 4. The summed E-state index contributed by atoms with van der Waals surface area (Å²) < 4.78 is 4.06. The Morgan fingerprint density at radius 1 is 1.13 bits per heavy atom. The fourth-order valence-corrected chi connectivity index (χ4v) is 2.70. The molecule has 2 heterocycles. The second kappa shape index (κ2) is 6.79. The summed E-state index contributed by atoms with van der Waals surface area (Å²) in [7, 11) is 1.97. The first-order valence-electron chi connectivity index (χ1n) is 7.92. The zero-order valence-electron chi connectivity index (χ0n) is 14.0. The van der Waals surface area contributed by atoms with Crippen molar-refractivity contribution in [2.45, 2.75) is 26.9 Å². The maximum atomic E-state index is 4.60. The van der Waals surface area contributed by atoms with Crippen LogP contribution in [0.5, 0.6) is 0 Å². The molecule has 2 aromatic heterocycles. The molecule has 0 saturated carbocycles. The smallest absolute Gasteiger partial charge is 0.0967 e. The molecule has 0 aliphatic rings. The fraction of sp³-hybridized carbons (Fsp3) is 0.333. The Labute approximate surface area is 137 Å². The van der Waals surface area contributed by atoms with Gasteiger partial charge in [-0.05, 0) is 13.8 Å². The lowest BCUT2D eigenvalue weighted by atomic mass is 10.1. The zero-order chi connectivity index (χ0) is 16.2. The average molecular weight is 309 g/mol. The van der Waals surface area contributed by atoms with Gasteiger partial charge in [0.25, 0.3) is 0 Å². The Hall–Kier alpha value is -2.40. The second-order valence-corrected chi connectivity index (χ2v) is 5.83. The standard InChI is InChI=1S/C18H23N5/c1-14-15(2)23(13-20-14)10-9-19-11-17-12-22(3)21-18(17)16-7-5-4-6-8-16/h4-8,12-13,19H,9-11H2,1-3H3. The summed E-state index contributed by atoms with van der Waals surface area (Å²) in [5, 5.41) is 8.10. The third-order valence-corrected chi connectivity index (χ3v) is 4.14. The van der Waals surface area contributed by atoms with Gasteiger partial charge in [0, 0.05) is 49.7 Å². The number of hydrogen-bond acceptors (Lipinski definition) is 3. The van der Waals surface area contributed by atoms with Crippen LogP contribution in [0.15, 0.2) is 42.9 Å². The molecular formula is C18H23N5. The first kappa shape index (κ1) is 15.5. The van der Waals surface area contributed by atoms with Crippen molar-refractivity contribution in [3.63, 3.8) is 0 Å². The van der Waals surface area contributed by atoms with Gasteiger partial charge in [0.1, 0.15) is 0 Å². The van der Waals surface area contributed by atoms with E-state index in [1.165, 1.54) is 11.3 Å². The lowest BCUT2D eigenvalue weighted by Crippen LogP contribution is -2.19. The summed E-state index contributed by atoms with van der Waals surface area (Å²) in [5.74, 6) is 0. The normalized spacial score (nSPS) is 11.1. The van der Waals surface area contributed by atoms with E-state index in [-0.39, 0.29) is 0 Å². The summed E-state index contributed by atoms with van der Waals surface area (Å²) in [6.45, 7) is 6.79. The van der Waals surface area contributed by atoms with E-state index in [9.17, 15) is 0 Å². The monoisotopic (exact) mass is 309 g/mol. The van der Waals surface area contributed by atoms with Crippen molar-refractivity contribution in [3.8, 4) is 11.3 Å². The Kier molecular flexibility index (Phi) is 4.57. The molecule has 0 amide bonds. The molecule has 0 aliphatic heterocycles. The quantitative estimate of drug-likeness (QED) is 0.712. The van der Waals surface area contributed by atoms with Gasteiger partial charge >= 0.3 is 0 Å². The van der Waals surface area contributed by atoms with E-state index >= 15 is 0 Å². The minimum atomic E-state index is 0.810. The number of rotatable bonds is 6. The number of nitrogens with one attached hydrogen (secondary N) is 1. The van der Waals surface area contributed by atoms with E-state index < -0.39 is 0 Å². The van der Waals surface area contributed by atoms with Crippen molar-refractivity contribution in [1.29, 1.82) is 0 Å². The highest BCUT2D eigenvalue weighted by Crippen LogP contribution is 2.21. The molecule has 23 heavy (non-hydrogen) atoms. The third-order valence-electron chi connectivity index (χ3n) is 4.14. The molecule has 0 unspecified atom stereocenters.